The molecule has 0 aliphatic heterocycles. The fraction of sp³-hybridized carbons (Fsp3) is 0.333. The van der Waals surface area contributed by atoms with Crippen LogP contribution in [0.5, 0.6) is 0 Å². The van der Waals surface area contributed by atoms with Gasteiger partial charge in [0.1, 0.15) is 0 Å². The first kappa shape index (κ1) is 18.6. The largest absolute Gasteiger partial charge is 0.0619 e. The van der Waals surface area contributed by atoms with Gasteiger partial charge < -0.3 is 0 Å². The molecule has 0 N–H and O–H groups in total. The van der Waals surface area contributed by atoms with Gasteiger partial charge in [-0.25, -0.2) is 0 Å². The van der Waals surface area contributed by atoms with Gasteiger partial charge in [0.25, 0.3) is 0 Å². The first-order valence-corrected chi connectivity index (χ1v) is 13.0. The van der Waals surface area contributed by atoms with Crippen LogP contribution in [0.15, 0.2) is 84.9 Å². The van der Waals surface area contributed by atoms with Crippen LogP contribution in [0.1, 0.15) is 54.4 Å². The summed E-state index contributed by atoms with van der Waals surface area (Å²) in [6.45, 7) is 0. The molecule has 4 aromatic carbocycles. The Kier molecular flexibility index (Phi) is 3.71. The molecule has 0 unspecified atom stereocenters. The van der Waals surface area contributed by atoms with E-state index in [1.54, 1.807) is 16.7 Å². The SMILES string of the molecule is c1ccc2c(c1)Cc1c-2cccc1C1(c2cccc3ccccc23)C2CC3CC(C2)CC1C3. The van der Waals surface area contributed by atoms with Gasteiger partial charge in [0.05, 0.1) is 0 Å². The van der Waals surface area contributed by atoms with Gasteiger partial charge in [0.2, 0.25) is 0 Å². The van der Waals surface area contributed by atoms with Gasteiger partial charge in [0, 0.05) is 5.41 Å². The molecule has 9 rings (SSSR count). The summed E-state index contributed by atoms with van der Waals surface area (Å²) in [7, 11) is 0. The van der Waals surface area contributed by atoms with Gasteiger partial charge in [-0.15, -0.1) is 0 Å². The van der Waals surface area contributed by atoms with E-state index < -0.39 is 0 Å². The highest BCUT2D eigenvalue weighted by Gasteiger charge is 2.59. The van der Waals surface area contributed by atoms with Crippen LogP contribution in [0.3, 0.4) is 0 Å². The van der Waals surface area contributed by atoms with E-state index in [1.165, 1.54) is 59.6 Å². The van der Waals surface area contributed by atoms with Crippen molar-refractivity contribution in [2.75, 3.05) is 0 Å². The van der Waals surface area contributed by atoms with E-state index >= 15 is 0 Å². The summed E-state index contributed by atoms with van der Waals surface area (Å²) in [5.74, 6) is 3.47. The van der Waals surface area contributed by atoms with Crippen LogP contribution in [0.4, 0.5) is 0 Å². The Morgan fingerprint density at radius 2 is 1.18 bits per heavy atom. The highest BCUT2D eigenvalue weighted by molar-refractivity contribution is 5.88. The molecule has 4 fully saturated rings. The van der Waals surface area contributed by atoms with Gasteiger partial charge in [-0.3, -0.25) is 0 Å². The van der Waals surface area contributed by atoms with Crippen molar-refractivity contribution >= 4 is 10.8 Å². The third-order valence-corrected chi connectivity index (χ3v) is 9.96. The second kappa shape index (κ2) is 6.60. The smallest absolute Gasteiger partial charge is 0.0268 e. The van der Waals surface area contributed by atoms with E-state index in [9.17, 15) is 0 Å². The zero-order valence-electron chi connectivity index (χ0n) is 19.1. The van der Waals surface area contributed by atoms with Crippen LogP contribution in [-0.4, -0.2) is 0 Å². The Balaban J connectivity index is 1.45. The Hall–Kier alpha value is -2.86. The van der Waals surface area contributed by atoms with E-state index in [0.717, 1.165) is 30.1 Å². The number of benzene rings is 4. The molecule has 33 heavy (non-hydrogen) atoms. The molecule has 0 radical (unpaired) electrons. The highest BCUT2D eigenvalue weighted by atomic mass is 14.6. The van der Waals surface area contributed by atoms with Crippen LogP contribution in [-0.2, 0) is 11.8 Å². The predicted octanol–water partition coefficient (Wildman–Crippen LogP) is 8.15. The van der Waals surface area contributed by atoms with E-state index in [-0.39, 0.29) is 5.41 Å². The summed E-state index contributed by atoms with van der Waals surface area (Å²) in [5, 5.41) is 2.89. The third kappa shape index (κ3) is 2.37. The number of hydrogen-bond acceptors (Lipinski definition) is 0. The predicted molar refractivity (Wildman–Crippen MR) is 136 cm³/mol. The number of fused-ring (bicyclic) bond motifs is 4. The van der Waals surface area contributed by atoms with Gasteiger partial charge in [0.15, 0.2) is 0 Å². The van der Waals surface area contributed by atoms with Gasteiger partial charge >= 0.3 is 0 Å². The van der Waals surface area contributed by atoms with E-state index in [4.69, 9.17) is 0 Å². The van der Waals surface area contributed by atoms with Crippen LogP contribution in [0.25, 0.3) is 21.9 Å². The molecule has 4 bridgehead atoms. The van der Waals surface area contributed by atoms with Gasteiger partial charge in [-0.2, -0.15) is 0 Å². The molecule has 5 aliphatic rings. The summed E-state index contributed by atoms with van der Waals surface area (Å²) in [4.78, 5) is 0. The molecule has 4 saturated carbocycles. The summed E-state index contributed by atoms with van der Waals surface area (Å²) in [6, 6.07) is 32.7. The maximum absolute atomic E-state index is 2.54. The van der Waals surface area contributed by atoms with Crippen LogP contribution >= 0.6 is 0 Å². The van der Waals surface area contributed by atoms with Gasteiger partial charge in [-0.1, -0.05) is 84.9 Å². The van der Waals surface area contributed by atoms with Crippen LogP contribution < -0.4 is 0 Å². The van der Waals surface area contributed by atoms with Gasteiger partial charge in [-0.05, 0) is 106 Å². The second-order valence-electron chi connectivity index (χ2n) is 11.4. The fourth-order valence-corrected chi connectivity index (χ4v) is 9.08. The first-order valence-electron chi connectivity index (χ1n) is 13.0. The van der Waals surface area contributed by atoms with Crippen molar-refractivity contribution in [3.8, 4) is 11.1 Å². The minimum Gasteiger partial charge on any atom is -0.0619 e. The first-order chi connectivity index (χ1) is 16.3. The lowest BCUT2D eigenvalue weighted by atomic mass is 9.41. The molecule has 0 aromatic heterocycles. The summed E-state index contributed by atoms with van der Waals surface area (Å²) in [5.41, 5.74) is 9.54. The monoisotopic (exact) mass is 426 g/mol. The Bertz CT molecular complexity index is 1370. The summed E-state index contributed by atoms with van der Waals surface area (Å²) < 4.78 is 0. The second-order valence-corrected chi connectivity index (χ2v) is 11.4. The topological polar surface area (TPSA) is 0 Å². The minimum absolute atomic E-state index is 0.154. The van der Waals surface area contributed by atoms with Crippen molar-refractivity contribution < 1.29 is 0 Å². The molecule has 0 heterocycles. The van der Waals surface area contributed by atoms with Crippen molar-refractivity contribution in [3.05, 3.63) is 107 Å². The van der Waals surface area contributed by atoms with Crippen molar-refractivity contribution in [2.24, 2.45) is 23.7 Å². The zero-order valence-corrected chi connectivity index (χ0v) is 19.1. The Labute approximate surface area is 196 Å². The normalized spacial score (nSPS) is 31.0. The molecule has 0 nitrogen and oxygen atoms in total. The standard InChI is InChI=1S/C33H30/c1-4-11-28-23(7-1)9-5-13-31(28)33(25-16-21-15-22(18-25)19-26(33)17-21)32-14-6-12-29-27-10-3-2-8-24(27)20-30(29)32/h1-14,21-22,25-26H,15-20H2. The molecule has 0 saturated heterocycles. The molecule has 0 spiro atoms. The van der Waals surface area contributed by atoms with Crippen molar-refractivity contribution in [2.45, 2.75) is 43.9 Å². The molecular weight excluding hydrogens is 396 g/mol. The molecule has 4 aromatic rings. The zero-order chi connectivity index (χ0) is 21.6. The maximum atomic E-state index is 2.54. The summed E-state index contributed by atoms with van der Waals surface area (Å²) >= 11 is 0. The van der Waals surface area contributed by atoms with Crippen LogP contribution in [0, 0.1) is 23.7 Å². The molecule has 0 atom stereocenters. The third-order valence-electron chi connectivity index (χ3n) is 9.96. The average Bonchev–Trinajstić information content (AvgIpc) is 3.23. The lowest BCUT2D eigenvalue weighted by Gasteiger charge is -2.62. The molecule has 5 aliphatic carbocycles. The highest BCUT2D eigenvalue weighted by Crippen LogP contribution is 2.66. The molecular formula is C33H30. The fourth-order valence-electron chi connectivity index (χ4n) is 9.08. The van der Waals surface area contributed by atoms with E-state index in [1.807, 2.05) is 0 Å². The molecule has 0 heteroatoms. The Morgan fingerprint density at radius 1 is 0.545 bits per heavy atom. The number of hydrogen-bond donors (Lipinski definition) is 0. The lowest BCUT2D eigenvalue weighted by molar-refractivity contribution is -0.0414. The minimum atomic E-state index is 0.154. The quantitative estimate of drug-likeness (QED) is 0.267. The Morgan fingerprint density at radius 3 is 2.03 bits per heavy atom. The maximum Gasteiger partial charge on any atom is 0.0268 e. The average molecular weight is 427 g/mol. The van der Waals surface area contributed by atoms with E-state index in [2.05, 4.69) is 84.9 Å². The van der Waals surface area contributed by atoms with Crippen molar-refractivity contribution in [1.82, 2.24) is 0 Å². The van der Waals surface area contributed by atoms with E-state index in [0.29, 0.717) is 0 Å². The number of rotatable bonds is 2. The van der Waals surface area contributed by atoms with Crippen LogP contribution in [0.2, 0.25) is 0 Å². The molecule has 162 valence electrons. The van der Waals surface area contributed by atoms with Crippen molar-refractivity contribution in [3.63, 3.8) is 0 Å². The summed E-state index contributed by atoms with van der Waals surface area (Å²) in [6.07, 6.45) is 8.29. The lowest BCUT2D eigenvalue weighted by Crippen LogP contribution is -2.56. The van der Waals surface area contributed by atoms with Crippen molar-refractivity contribution in [1.29, 1.82) is 0 Å². The molecule has 0 amide bonds.